The molecule has 42 heavy (non-hydrogen) atoms. The Morgan fingerprint density at radius 1 is 1.00 bits per heavy atom. The summed E-state index contributed by atoms with van der Waals surface area (Å²) in [5.74, 6) is 1.22. The first kappa shape index (κ1) is 27.3. The fourth-order valence-corrected chi connectivity index (χ4v) is 5.87. The molecule has 6 rings (SSSR count). The van der Waals surface area contributed by atoms with Crippen LogP contribution in [-0.2, 0) is 17.6 Å². The number of carbonyl (C=O) groups is 3. The summed E-state index contributed by atoms with van der Waals surface area (Å²) >= 11 is 0. The van der Waals surface area contributed by atoms with Crippen molar-refractivity contribution < 1.29 is 18.8 Å². The van der Waals surface area contributed by atoms with Gasteiger partial charge >= 0.3 is 0 Å². The third kappa shape index (κ3) is 5.50. The molecule has 4 aromatic rings. The number of nitrogens with one attached hydrogen (secondary N) is 3. The molecule has 0 fully saturated rings. The van der Waals surface area contributed by atoms with Crippen molar-refractivity contribution in [1.29, 1.82) is 0 Å². The highest BCUT2D eigenvalue weighted by Gasteiger charge is 2.30. The third-order valence-corrected chi connectivity index (χ3v) is 7.93. The van der Waals surface area contributed by atoms with Crippen LogP contribution in [0.1, 0.15) is 87.6 Å². The predicted molar refractivity (Wildman–Crippen MR) is 166 cm³/mol. The molecule has 7 heteroatoms. The van der Waals surface area contributed by atoms with Crippen molar-refractivity contribution in [2.45, 2.75) is 51.5 Å². The molecule has 212 valence electrons. The van der Waals surface area contributed by atoms with Crippen LogP contribution in [0.25, 0.3) is 11.6 Å². The van der Waals surface area contributed by atoms with Gasteiger partial charge in [-0.25, -0.2) is 0 Å². The highest BCUT2D eigenvalue weighted by molar-refractivity contribution is 6.35. The first-order chi connectivity index (χ1) is 20.5. The molecule has 0 spiro atoms. The van der Waals surface area contributed by atoms with Crippen LogP contribution in [-0.4, -0.2) is 18.1 Å². The molecule has 0 saturated carbocycles. The number of furan rings is 1. The van der Waals surface area contributed by atoms with Crippen LogP contribution in [0.3, 0.4) is 0 Å². The molecule has 0 radical (unpaired) electrons. The molecule has 1 atom stereocenters. The summed E-state index contributed by atoms with van der Waals surface area (Å²) in [5, 5.41) is 9.59. The van der Waals surface area contributed by atoms with E-state index in [1.54, 1.807) is 36.4 Å². The number of aryl methyl sites for hydroxylation is 1. The quantitative estimate of drug-likeness (QED) is 0.144. The number of aldehydes is 1. The highest BCUT2D eigenvalue weighted by Crippen LogP contribution is 2.41. The van der Waals surface area contributed by atoms with Crippen LogP contribution in [0.4, 0.5) is 17.1 Å². The molecule has 1 aliphatic carbocycles. The fraction of sp³-hybridized carbons (Fsp3) is 0.229. The normalized spacial score (nSPS) is 15.5. The van der Waals surface area contributed by atoms with E-state index in [1.807, 2.05) is 30.3 Å². The second-order valence-electron chi connectivity index (χ2n) is 10.8. The Kier molecular flexibility index (Phi) is 7.73. The molecule has 1 unspecified atom stereocenters. The topological polar surface area (TPSA) is 100 Å². The van der Waals surface area contributed by atoms with Crippen molar-refractivity contribution in [2.75, 3.05) is 16.0 Å². The van der Waals surface area contributed by atoms with Gasteiger partial charge in [-0.05, 0) is 79.8 Å². The number of benzene rings is 3. The van der Waals surface area contributed by atoms with Gasteiger partial charge in [-0.3, -0.25) is 14.4 Å². The molecule has 2 heterocycles. The number of fused-ring (bicyclic) bond motifs is 2. The van der Waals surface area contributed by atoms with E-state index < -0.39 is 0 Å². The number of hydrogen-bond donors (Lipinski definition) is 3. The second-order valence-corrected chi connectivity index (χ2v) is 10.8. The standard InChI is InChI=1S/C35H33N3O4/c1-2-8-30(36-24-9-4-3-5-10-24)33-26-11-6-7-12-31(26)42-32(33)20-28-27-19-25(17-18-29(27)38-35(28)41)37-34(40)23-15-13-22(21-39)14-16-23/h3-5,9-10,13-21,30,36H,2,6-8,11-12H2,1H3,(H,37,40)(H,38,41). The lowest BCUT2D eigenvalue weighted by molar-refractivity contribution is -0.110. The molecule has 1 aromatic heterocycles. The number of para-hydroxylation sites is 1. The van der Waals surface area contributed by atoms with E-state index in [0.29, 0.717) is 39.4 Å². The van der Waals surface area contributed by atoms with E-state index in [2.05, 4.69) is 35.0 Å². The van der Waals surface area contributed by atoms with Gasteiger partial charge in [0.05, 0.1) is 11.6 Å². The summed E-state index contributed by atoms with van der Waals surface area (Å²) in [6, 6.07) is 22.0. The Balaban J connectivity index is 1.36. The van der Waals surface area contributed by atoms with E-state index in [-0.39, 0.29) is 17.9 Å². The Morgan fingerprint density at radius 2 is 1.79 bits per heavy atom. The van der Waals surface area contributed by atoms with Crippen molar-refractivity contribution in [3.63, 3.8) is 0 Å². The van der Waals surface area contributed by atoms with Crippen LogP contribution in [0.2, 0.25) is 0 Å². The van der Waals surface area contributed by atoms with Gasteiger partial charge in [0.1, 0.15) is 17.8 Å². The Morgan fingerprint density at radius 3 is 2.55 bits per heavy atom. The summed E-state index contributed by atoms with van der Waals surface area (Å²) in [5.41, 5.74) is 6.83. The van der Waals surface area contributed by atoms with Crippen LogP contribution < -0.4 is 16.0 Å². The minimum atomic E-state index is -0.300. The summed E-state index contributed by atoms with van der Waals surface area (Å²) in [7, 11) is 0. The molecular weight excluding hydrogens is 526 g/mol. The van der Waals surface area contributed by atoms with Gasteiger partial charge in [0.25, 0.3) is 11.8 Å². The zero-order valence-corrected chi connectivity index (χ0v) is 23.5. The molecule has 2 amide bonds. The van der Waals surface area contributed by atoms with E-state index in [4.69, 9.17) is 4.42 Å². The highest BCUT2D eigenvalue weighted by atomic mass is 16.3. The van der Waals surface area contributed by atoms with Crippen LogP contribution in [0.15, 0.2) is 77.2 Å². The lowest BCUT2D eigenvalue weighted by Crippen LogP contribution is -2.14. The number of anilines is 3. The van der Waals surface area contributed by atoms with Gasteiger partial charge in [-0.15, -0.1) is 0 Å². The summed E-state index contributed by atoms with van der Waals surface area (Å²) in [4.78, 5) is 37.1. The summed E-state index contributed by atoms with van der Waals surface area (Å²) in [6.45, 7) is 2.18. The zero-order chi connectivity index (χ0) is 29.1. The molecule has 2 aliphatic rings. The van der Waals surface area contributed by atoms with Crippen molar-refractivity contribution in [3.05, 3.63) is 112 Å². The first-order valence-corrected chi connectivity index (χ1v) is 14.5. The number of hydrogen-bond acceptors (Lipinski definition) is 5. The molecular formula is C35H33N3O4. The van der Waals surface area contributed by atoms with Crippen molar-refractivity contribution in [2.24, 2.45) is 0 Å². The Labute approximate surface area is 245 Å². The summed E-state index contributed by atoms with van der Waals surface area (Å²) < 4.78 is 6.51. The Bertz CT molecular complexity index is 1670. The van der Waals surface area contributed by atoms with Gasteiger partial charge in [0, 0.05) is 45.7 Å². The number of amides is 2. The maximum absolute atomic E-state index is 13.2. The Hall–Kier alpha value is -4.91. The van der Waals surface area contributed by atoms with Gasteiger partial charge < -0.3 is 20.4 Å². The molecule has 0 bridgehead atoms. The van der Waals surface area contributed by atoms with Gasteiger partial charge in [0.2, 0.25) is 0 Å². The third-order valence-electron chi connectivity index (χ3n) is 7.93. The SMILES string of the molecule is CCCC(Nc1ccccc1)c1c(C=C2C(=O)Nc3ccc(NC(=O)c4ccc(C=O)cc4)cc32)oc2c1CCCC2. The zero-order valence-electron chi connectivity index (χ0n) is 23.5. The molecule has 3 aromatic carbocycles. The van der Waals surface area contributed by atoms with Crippen LogP contribution >= 0.6 is 0 Å². The second kappa shape index (κ2) is 11.9. The van der Waals surface area contributed by atoms with Gasteiger partial charge in [-0.2, -0.15) is 0 Å². The van der Waals surface area contributed by atoms with Crippen LogP contribution in [0.5, 0.6) is 0 Å². The van der Waals surface area contributed by atoms with Crippen molar-refractivity contribution >= 4 is 46.8 Å². The monoisotopic (exact) mass is 559 g/mol. The van der Waals surface area contributed by atoms with E-state index in [1.165, 1.54) is 5.56 Å². The van der Waals surface area contributed by atoms with Crippen molar-refractivity contribution in [1.82, 2.24) is 0 Å². The van der Waals surface area contributed by atoms with E-state index in [0.717, 1.165) is 61.8 Å². The maximum Gasteiger partial charge on any atom is 0.256 e. The van der Waals surface area contributed by atoms with E-state index >= 15 is 0 Å². The molecule has 1 aliphatic heterocycles. The average Bonchev–Trinajstić information content (AvgIpc) is 3.54. The molecule has 0 saturated heterocycles. The molecule has 3 N–H and O–H groups in total. The average molecular weight is 560 g/mol. The predicted octanol–water partition coefficient (Wildman–Crippen LogP) is 7.67. The lowest BCUT2D eigenvalue weighted by Gasteiger charge is -2.22. The minimum Gasteiger partial charge on any atom is -0.461 e. The van der Waals surface area contributed by atoms with E-state index in [9.17, 15) is 14.4 Å². The van der Waals surface area contributed by atoms with Crippen molar-refractivity contribution in [3.8, 4) is 0 Å². The minimum absolute atomic E-state index is 0.0370. The van der Waals surface area contributed by atoms with Gasteiger partial charge in [-0.1, -0.05) is 43.7 Å². The van der Waals surface area contributed by atoms with Crippen LogP contribution in [0, 0.1) is 0 Å². The summed E-state index contributed by atoms with van der Waals surface area (Å²) in [6.07, 6.45) is 8.57. The first-order valence-electron chi connectivity index (χ1n) is 14.5. The maximum atomic E-state index is 13.2. The lowest BCUT2D eigenvalue weighted by atomic mass is 9.89. The largest absolute Gasteiger partial charge is 0.461 e. The number of carbonyl (C=O) groups excluding carboxylic acids is 3. The molecule has 7 nitrogen and oxygen atoms in total. The smallest absolute Gasteiger partial charge is 0.256 e. The number of rotatable bonds is 9. The fourth-order valence-electron chi connectivity index (χ4n) is 5.87. The van der Waals surface area contributed by atoms with Gasteiger partial charge in [0.15, 0.2) is 0 Å².